The number of carbonyl (C=O) groups is 1. The summed E-state index contributed by atoms with van der Waals surface area (Å²) in [5.41, 5.74) is 0.0772. The number of nitrogens with one attached hydrogen (secondary N) is 2. The molecule has 4 nitrogen and oxygen atoms in total. The SMILES string of the molecule is CC(C)(C)OC(=O)NCCNCc1cc(Br)ccc1F. The van der Waals surface area contributed by atoms with Gasteiger partial charge in [-0.05, 0) is 39.0 Å². The Kier molecular flexibility index (Phi) is 6.42. The van der Waals surface area contributed by atoms with Crippen molar-refractivity contribution in [3.63, 3.8) is 0 Å². The highest BCUT2D eigenvalue weighted by Gasteiger charge is 2.15. The number of hydrogen-bond acceptors (Lipinski definition) is 3. The van der Waals surface area contributed by atoms with Crippen LogP contribution in [0.25, 0.3) is 0 Å². The molecule has 6 heteroatoms. The Morgan fingerprint density at radius 1 is 1.35 bits per heavy atom. The Bertz CT molecular complexity index is 461. The Labute approximate surface area is 127 Å². The number of carbonyl (C=O) groups excluding carboxylic acids is 1. The summed E-state index contributed by atoms with van der Waals surface area (Å²) in [4.78, 5) is 11.4. The first-order valence-electron chi connectivity index (χ1n) is 6.39. The second-order valence-electron chi connectivity index (χ2n) is 5.34. The first-order valence-corrected chi connectivity index (χ1v) is 7.19. The topological polar surface area (TPSA) is 50.4 Å². The Balaban J connectivity index is 2.22. The standard InChI is InChI=1S/C14H20BrFN2O2/c1-14(2,3)20-13(19)18-7-6-17-9-10-8-11(15)4-5-12(10)16/h4-5,8,17H,6-7,9H2,1-3H3,(H,18,19). The number of halogens is 2. The molecule has 0 fully saturated rings. The zero-order chi connectivity index (χ0) is 15.2. The molecule has 0 aliphatic carbocycles. The average molecular weight is 347 g/mol. The van der Waals surface area contributed by atoms with E-state index in [2.05, 4.69) is 26.6 Å². The summed E-state index contributed by atoms with van der Waals surface area (Å²) >= 11 is 3.30. The van der Waals surface area contributed by atoms with Gasteiger partial charge in [0, 0.05) is 29.7 Å². The van der Waals surface area contributed by atoms with Gasteiger partial charge < -0.3 is 15.4 Å². The van der Waals surface area contributed by atoms with Crippen molar-refractivity contribution >= 4 is 22.0 Å². The molecule has 1 aromatic rings. The van der Waals surface area contributed by atoms with Crippen molar-refractivity contribution in [2.24, 2.45) is 0 Å². The molecule has 0 unspecified atom stereocenters. The minimum Gasteiger partial charge on any atom is -0.444 e. The normalized spacial score (nSPS) is 11.2. The van der Waals surface area contributed by atoms with Gasteiger partial charge in [0.1, 0.15) is 11.4 Å². The van der Waals surface area contributed by atoms with Gasteiger partial charge >= 0.3 is 6.09 Å². The van der Waals surface area contributed by atoms with Crippen molar-refractivity contribution in [1.29, 1.82) is 0 Å². The van der Waals surface area contributed by atoms with Gasteiger partial charge in [-0.25, -0.2) is 9.18 Å². The molecule has 0 saturated carbocycles. The van der Waals surface area contributed by atoms with Crippen LogP contribution in [0.1, 0.15) is 26.3 Å². The minimum atomic E-state index is -0.503. The third kappa shape index (κ3) is 6.86. The van der Waals surface area contributed by atoms with Gasteiger partial charge in [-0.15, -0.1) is 0 Å². The summed E-state index contributed by atoms with van der Waals surface area (Å²) in [6, 6.07) is 4.80. The van der Waals surface area contributed by atoms with Gasteiger partial charge in [0.05, 0.1) is 0 Å². The van der Waals surface area contributed by atoms with Crippen LogP contribution in [0.15, 0.2) is 22.7 Å². The lowest BCUT2D eigenvalue weighted by Gasteiger charge is -2.19. The van der Waals surface area contributed by atoms with Gasteiger partial charge in [0.2, 0.25) is 0 Å². The lowest BCUT2D eigenvalue weighted by molar-refractivity contribution is 0.0528. The average Bonchev–Trinajstić information content (AvgIpc) is 2.30. The van der Waals surface area contributed by atoms with Crippen molar-refractivity contribution in [2.75, 3.05) is 13.1 Å². The van der Waals surface area contributed by atoms with Crippen LogP contribution in [0, 0.1) is 5.82 Å². The van der Waals surface area contributed by atoms with Crippen LogP contribution in [-0.4, -0.2) is 24.8 Å². The summed E-state index contributed by atoms with van der Waals surface area (Å²) < 4.78 is 19.4. The highest BCUT2D eigenvalue weighted by atomic mass is 79.9. The van der Waals surface area contributed by atoms with Crippen LogP contribution >= 0.6 is 15.9 Å². The molecule has 0 aliphatic rings. The van der Waals surface area contributed by atoms with Crippen LogP contribution < -0.4 is 10.6 Å². The molecule has 0 radical (unpaired) electrons. The smallest absolute Gasteiger partial charge is 0.407 e. The van der Waals surface area contributed by atoms with E-state index in [1.165, 1.54) is 6.07 Å². The van der Waals surface area contributed by atoms with Gasteiger partial charge in [0.25, 0.3) is 0 Å². The number of amides is 1. The maximum atomic E-state index is 13.4. The molecular formula is C14H20BrFN2O2. The molecule has 112 valence electrons. The zero-order valence-electron chi connectivity index (χ0n) is 11.9. The molecule has 0 spiro atoms. The molecular weight excluding hydrogens is 327 g/mol. The predicted octanol–water partition coefficient (Wildman–Crippen LogP) is 3.20. The second-order valence-corrected chi connectivity index (χ2v) is 6.26. The fourth-order valence-corrected chi connectivity index (χ4v) is 1.88. The molecule has 20 heavy (non-hydrogen) atoms. The zero-order valence-corrected chi connectivity index (χ0v) is 13.5. The first kappa shape index (κ1) is 16.9. The number of ether oxygens (including phenoxy) is 1. The van der Waals surface area contributed by atoms with Crippen LogP contribution in [-0.2, 0) is 11.3 Å². The summed E-state index contributed by atoms with van der Waals surface area (Å²) in [6.45, 7) is 6.78. The highest BCUT2D eigenvalue weighted by molar-refractivity contribution is 9.10. The number of rotatable bonds is 5. The van der Waals surface area contributed by atoms with E-state index in [1.807, 2.05) is 0 Å². The van der Waals surface area contributed by atoms with Crippen LogP contribution in [0.4, 0.5) is 9.18 Å². The molecule has 0 saturated heterocycles. The number of benzene rings is 1. The van der Waals surface area contributed by atoms with Gasteiger partial charge in [-0.1, -0.05) is 15.9 Å². The third-order valence-corrected chi connectivity index (χ3v) is 2.79. The first-order chi connectivity index (χ1) is 9.28. The van der Waals surface area contributed by atoms with E-state index < -0.39 is 11.7 Å². The molecule has 2 N–H and O–H groups in total. The predicted molar refractivity (Wildman–Crippen MR) is 80.0 cm³/mol. The summed E-state index contributed by atoms with van der Waals surface area (Å²) in [5, 5.41) is 5.68. The molecule has 0 aliphatic heterocycles. The van der Waals surface area contributed by atoms with E-state index in [4.69, 9.17) is 4.74 Å². The molecule has 1 rings (SSSR count). The number of alkyl carbamates (subject to hydrolysis) is 1. The largest absolute Gasteiger partial charge is 0.444 e. The molecule has 0 heterocycles. The van der Waals surface area contributed by atoms with E-state index in [1.54, 1.807) is 32.9 Å². The van der Waals surface area contributed by atoms with E-state index >= 15 is 0 Å². The fourth-order valence-electron chi connectivity index (χ4n) is 1.47. The van der Waals surface area contributed by atoms with Crippen molar-refractivity contribution < 1.29 is 13.9 Å². The molecule has 0 bridgehead atoms. The monoisotopic (exact) mass is 346 g/mol. The van der Waals surface area contributed by atoms with Crippen LogP contribution in [0.2, 0.25) is 0 Å². The maximum absolute atomic E-state index is 13.4. The van der Waals surface area contributed by atoms with Crippen LogP contribution in [0.5, 0.6) is 0 Å². The van der Waals surface area contributed by atoms with Gasteiger partial charge in [0.15, 0.2) is 0 Å². The molecule has 0 atom stereocenters. The van der Waals surface area contributed by atoms with Crippen molar-refractivity contribution in [3.05, 3.63) is 34.1 Å². The molecule has 0 aromatic heterocycles. The summed E-state index contributed by atoms with van der Waals surface area (Å²) in [5.74, 6) is -0.249. The Morgan fingerprint density at radius 3 is 2.70 bits per heavy atom. The van der Waals surface area contributed by atoms with E-state index in [0.29, 0.717) is 25.2 Å². The molecule has 1 aromatic carbocycles. The van der Waals surface area contributed by atoms with Crippen molar-refractivity contribution in [3.8, 4) is 0 Å². The Morgan fingerprint density at radius 2 is 2.05 bits per heavy atom. The quantitative estimate of drug-likeness (QED) is 0.805. The summed E-state index contributed by atoms with van der Waals surface area (Å²) in [7, 11) is 0. The van der Waals surface area contributed by atoms with E-state index in [9.17, 15) is 9.18 Å². The van der Waals surface area contributed by atoms with E-state index in [-0.39, 0.29) is 5.82 Å². The lowest BCUT2D eigenvalue weighted by atomic mass is 10.2. The van der Waals surface area contributed by atoms with E-state index in [0.717, 1.165) is 4.47 Å². The lowest BCUT2D eigenvalue weighted by Crippen LogP contribution is -2.36. The van der Waals surface area contributed by atoms with Crippen LogP contribution in [0.3, 0.4) is 0 Å². The van der Waals surface area contributed by atoms with Gasteiger partial charge in [-0.2, -0.15) is 0 Å². The summed E-state index contributed by atoms with van der Waals surface area (Å²) in [6.07, 6.45) is -0.451. The minimum absolute atomic E-state index is 0.249. The van der Waals surface area contributed by atoms with Crippen molar-refractivity contribution in [1.82, 2.24) is 10.6 Å². The second kappa shape index (κ2) is 7.59. The maximum Gasteiger partial charge on any atom is 0.407 e. The molecule has 1 amide bonds. The van der Waals surface area contributed by atoms with Crippen molar-refractivity contribution in [2.45, 2.75) is 32.9 Å². The fraction of sp³-hybridized carbons (Fsp3) is 0.500. The third-order valence-electron chi connectivity index (χ3n) is 2.29. The van der Waals surface area contributed by atoms with Gasteiger partial charge in [-0.3, -0.25) is 0 Å². The highest BCUT2D eigenvalue weighted by Crippen LogP contribution is 2.15. The number of hydrogen-bond donors (Lipinski definition) is 2. The Hall–Kier alpha value is -1.14.